The molecule has 2 aromatic rings. The monoisotopic (exact) mass is 348 g/mol. The van der Waals surface area contributed by atoms with Gasteiger partial charge in [0.2, 0.25) is 0 Å². The third-order valence-electron chi connectivity index (χ3n) is 3.87. The van der Waals surface area contributed by atoms with E-state index in [0.29, 0.717) is 4.67 Å². The number of hydrogen-bond donors (Lipinski definition) is 2. The highest BCUT2D eigenvalue weighted by atomic mass is 79.9. The first-order valence-electron chi connectivity index (χ1n) is 7.02. The molecule has 0 aliphatic carbocycles. The van der Waals surface area contributed by atoms with Gasteiger partial charge in [0.15, 0.2) is 4.67 Å². The summed E-state index contributed by atoms with van der Waals surface area (Å²) in [6, 6.07) is 8.04. The Hall–Kier alpha value is -1.59. The Labute approximate surface area is 132 Å². The van der Waals surface area contributed by atoms with Crippen LogP contribution >= 0.6 is 15.9 Å². The van der Waals surface area contributed by atoms with Crippen molar-refractivity contribution in [2.75, 3.05) is 13.6 Å². The average Bonchev–Trinajstić information content (AvgIpc) is 2.82. The van der Waals surface area contributed by atoms with E-state index in [0.717, 1.165) is 41.6 Å². The van der Waals surface area contributed by atoms with E-state index in [9.17, 15) is 4.79 Å². The van der Waals surface area contributed by atoms with Crippen LogP contribution < -0.4 is 10.6 Å². The first kappa shape index (κ1) is 14.4. The smallest absolute Gasteiger partial charge is 0.251 e. The summed E-state index contributed by atoms with van der Waals surface area (Å²) in [4.78, 5) is 12.2. The molecule has 1 aliphatic heterocycles. The van der Waals surface area contributed by atoms with Gasteiger partial charge in [-0.25, -0.2) is 0 Å². The summed E-state index contributed by atoms with van der Waals surface area (Å²) in [6.45, 7) is 0.742. The second-order valence-corrected chi connectivity index (χ2v) is 5.87. The predicted molar refractivity (Wildman–Crippen MR) is 84.4 cm³/mol. The fraction of sp³-hybridized carbons (Fsp3) is 0.312. The van der Waals surface area contributed by atoms with Crippen molar-refractivity contribution in [1.82, 2.24) is 10.6 Å². The fourth-order valence-electron chi connectivity index (χ4n) is 2.79. The number of furan rings is 1. The number of benzene rings is 1. The van der Waals surface area contributed by atoms with Crippen LogP contribution in [0.1, 0.15) is 39.5 Å². The van der Waals surface area contributed by atoms with E-state index in [-0.39, 0.29) is 11.9 Å². The van der Waals surface area contributed by atoms with Crippen molar-refractivity contribution in [2.45, 2.75) is 18.9 Å². The Balaban J connectivity index is 2.02. The number of aryl methyl sites for hydroxylation is 1. The van der Waals surface area contributed by atoms with Gasteiger partial charge < -0.3 is 15.1 Å². The van der Waals surface area contributed by atoms with E-state index in [1.165, 1.54) is 0 Å². The molecule has 0 bridgehead atoms. The molecule has 1 aromatic heterocycles. The lowest BCUT2D eigenvalue weighted by molar-refractivity contribution is 0.0956. The summed E-state index contributed by atoms with van der Waals surface area (Å²) in [6.07, 6.45) is 3.58. The lowest BCUT2D eigenvalue weighted by atomic mass is 9.95. The maximum atomic E-state index is 12.2. The average molecular weight is 349 g/mol. The van der Waals surface area contributed by atoms with Gasteiger partial charge in [0, 0.05) is 17.7 Å². The Morgan fingerprint density at radius 2 is 2.24 bits per heavy atom. The van der Waals surface area contributed by atoms with Crippen molar-refractivity contribution in [3.8, 4) is 0 Å². The first-order valence-corrected chi connectivity index (χ1v) is 7.81. The molecule has 0 saturated heterocycles. The van der Waals surface area contributed by atoms with Gasteiger partial charge in [0.05, 0.1) is 12.3 Å². The lowest BCUT2D eigenvalue weighted by Gasteiger charge is -2.17. The molecule has 3 rings (SSSR count). The zero-order valence-electron chi connectivity index (χ0n) is 11.8. The largest absolute Gasteiger partial charge is 0.457 e. The Morgan fingerprint density at radius 3 is 2.95 bits per heavy atom. The van der Waals surface area contributed by atoms with Crippen LogP contribution in [0.15, 0.2) is 39.6 Å². The van der Waals surface area contributed by atoms with Crippen molar-refractivity contribution >= 4 is 21.8 Å². The summed E-state index contributed by atoms with van der Waals surface area (Å²) in [5.41, 5.74) is 3.97. The Kier molecular flexibility index (Phi) is 4.12. The summed E-state index contributed by atoms with van der Waals surface area (Å²) in [5.74, 6) is 0.0189. The predicted octanol–water partition coefficient (Wildman–Crippen LogP) is 3.03. The van der Waals surface area contributed by atoms with Crippen molar-refractivity contribution in [3.63, 3.8) is 0 Å². The van der Waals surface area contributed by atoms with Gasteiger partial charge in [-0.05, 0) is 59.1 Å². The van der Waals surface area contributed by atoms with Crippen LogP contribution in [-0.4, -0.2) is 19.5 Å². The maximum absolute atomic E-state index is 12.2. The quantitative estimate of drug-likeness (QED) is 0.896. The van der Waals surface area contributed by atoms with Crippen LogP contribution in [0, 0.1) is 0 Å². The minimum atomic E-state index is -0.0144. The van der Waals surface area contributed by atoms with Gasteiger partial charge in [0.25, 0.3) is 5.91 Å². The number of halogens is 1. The van der Waals surface area contributed by atoms with E-state index < -0.39 is 0 Å². The zero-order valence-corrected chi connectivity index (χ0v) is 13.4. The van der Waals surface area contributed by atoms with E-state index >= 15 is 0 Å². The molecule has 1 atom stereocenters. The van der Waals surface area contributed by atoms with Gasteiger partial charge in [-0.1, -0.05) is 12.1 Å². The molecular formula is C16H17BrN2O2. The lowest BCUT2D eigenvalue weighted by Crippen LogP contribution is -2.23. The van der Waals surface area contributed by atoms with Crippen LogP contribution in [0.2, 0.25) is 0 Å². The number of fused-ring (bicyclic) bond motifs is 1. The van der Waals surface area contributed by atoms with E-state index in [4.69, 9.17) is 4.42 Å². The van der Waals surface area contributed by atoms with E-state index in [2.05, 4.69) is 38.7 Å². The van der Waals surface area contributed by atoms with Crippen molar-refractivity contribution in [3.05, 3.63) is 57.5 Å². The summed E-state index contributed by atoms with van der Waals surface area (Å²) in [5, 5.41) is 6.22. The Morgan fingerprint density at radius 1 is 1.38 bits per heavy atom. The molecule has 4 nitrogen and oxygen atoms in total. The molecule has 1 aromatic carbocycles. The van der Waals surface area contributed by atoms with Gasteiger partial charge in [-0.15, -0.1) is 0 Å². The molecule has 0 radical (unpaired) electrons. The van der Waals surface area contributed by atoms with Gasteiger partial charge >= 0.3 is 0 Å². The highest BCUT2D eigenvalue weighted by Gasteiger charge is 2.21. The van der Waals surface area contributed by atoms with Crippen LogP contribution in [0.3, 0.4) is 0 Å². The fourth-order valence-corrected chi connectivity index (χ4v) is 3.26. The Bertz CT molecular complexity index is 666. The highest BCUT2D eigenvalue weighted by Crippen LogP contribution is 2.30. The second kappa shape index (κ2) is 6.03. The third-order valence-corrected chi connectivity index (χ3v) is 4.51. The number of nitrogens with one attached hydrogen (secondary N) is 2. The maximum Gasteiger partial charge on any atom is 0.251 e. The molecule has 21 heavy (non-hydrogen) atoms. The second-order valence-electron chi connectivity index (χ2n) is 5.15. The third kappa shape index (κ3) is 2.76. The molecule has 2 heterocycles. The number of amides is 1. The highest BCUT2D eigenvalue weighted by molar-refractivity contribution is 9.10. The molecule has 1 aliphatic rings. The minimum Gasteiger partial charge on any atom is -0.457 e. The van der Waals surface area contributed by atoms with Crippen molar-refractivity contribution in [1.29, 1.82) is 0 Å². The van der Waals surface area contributed by atoms with Crippen LogP contribution in [0.5, 0.6) is 0 Å². The number of carbonyl (C=O) groups is 1. The molecule has 0 saturated carbocycles. The minimum absolute atomic E-state index is 0.0144. The molecule has 1 unspecified atom stereocenters. The van der Waals surface area contributed by atoms with Crippen LogP contribution in [-0.2, 0) is 6.42 Å². The number of rotatable bonds is 3. The molecule has 5 heteroatoms. The normalized spacial score (nSPS) is 16.0. The summed E-state index contributed by atoms with van der Waals surface area (Å²) < 4.78 is 6.03. The van der Waals surface area contributed by atoms with Gasteiger partial charge in [0.1, 0.15) is 0 Å². The molecule has 2 N–H and O–H groups in total. The van der Waals surface area contributed by atoms with Crippen molar-refractivity contribution < 1.29 is 9.21 Å². The summed E-state index contributed by atoms with van der Waals surface area (Å²) in [7, 11) is 1.90. The van der Waals surface area contributed by atoms with Gasteiger partial charge in [-0.3, -0.25) is 4.79 Å². The molecular weight excluding hydrogens is 332 g/mol. The first-order chi connectivity index (χ1) is 10.2. The number of carbonyl (C=O) groups excluding carboxylic acids is 1. The number of hydrogen-bond acceptors (Lipinski definition) is 3. The zero-order chi connectivity index (χ0) is 14.8. The van der Waals surface area contributed by atoms with E-state index in [1.54, 1.807) is 6.26 Å². The molecule has 0 spiro atoms. The summed E-state index contributed by atoms with van der Waals surface area (Å²) >= 11 is 3.42. The SMILES string of the molecule is CNC(c1ccc2c(c1)C(=O)NCCC2)c1ccoc1Br. The van der Waals surface area contributed by atoms with E-state index in [1.807, 2.05) is 19.2 Å². The van der Waals surface area contributed by atoms with Crippen LogP contribution in [0.4, 0.5) is 0 Å². The molecule has 110 valence electrons. The van der Waals surface area contributed by atoms with Crippen LogP contribution in [0.25, 0.3) is 0 Å². The topological polar surface area (TPSA) is 54.3 Å². The molecule has 1 amide bonds. The molecule has 0 fully saturated rings. The van der Waals surface area contributed by atoms with Crippen molar-refractivity contribution in [2.24, 2.45) is 0 Å². The standard InChI is InChI=1S/C16H17BrN2O2/c1-18-14(12-6-8-21-15(12)17)11-5-4-10-3-2-7-19-16(20)13(10)9-11/h4-6,8-9,14,18H,2-3,7H2,1H3,(H,19,20). The van der Waals surface area contributed by atoms with Gasteiger partial charge in [-0.2, -0.15) is 0 Å².